The molecule has 0 saturated carbocycles. The zero-order chi connectivity index (χ0) is 15.8. The molecule has 0 bridgehead atoms. The Morgan fingerprint density at radius 3 is 2.62 bits per heavy atom. The van der Waals surface area contributed by atoms with Gasteiger partial charge >= 0.3 is 12.1 Å². The Morgan fingerprint density at radius 2 is 2.10 bits per heavy atom. The molecule has 1 aromatic rings. The predicted octanol–water partition coefficient (Wildman–Crippen LogP) is 1.39. The van der Waals surface area contributed by atoms with Crippen LogP contribution < -0.4 is 10.1 Å². The topological polar surface area (TPSA) is 59.4 Å². The number of rotatable bonds is 4. The van der Waals surface area contributed by atoms with Gasteiger partial charge in [-0.2, -0.15) is 13.2 Å². The third kappa shape index (κ3) is 3.66. The first-order valence-corrected chi connectivity index (χ1v) is 6.50. The molecule has 2 rings (SSSR count). The number of carbonyl (C=O) groups excluding carboxylic acids is 1. The lowest BCUT2D eigenvalue weighted by molar-refractivity contribution is -0.189. The van der Waals surface area contributed by atoms with Crippen LogP contribution in [0.5, 0.6) is 5.88 Å². The molecular formula is C12H17F3N4O2. The second-order valence-electron chi connectivity index (χ2n) is 5.30. The molecule has 0 atom stereocenters. The van der Waals surface area contributed by atoms with Crippen molar-refractivity contribution >= 4 is 11.7 Å². The van der Waals surface area contributed by atoms with Crippen LogP contribution in [0.3, 0.4) is 0 Å². The Kier molecular flexibility index (Phi) is 4.13. The fraction of sp³-hybridized carbons (Fsp3) is 0.667. The van der Waals surface area contributed by atoms with Gasteiger partial charge in [0, 0.05) is 26.2 Å². The first-order chi connectivity index (χ1) is 9.66. The van der Waals surface area contributed by atoms with Crippen molar-refractivity contribution in [1.82, 2.24) is 14.7 Å². The van der Waals surface area contributed by atoms with Crippen LogP contribution in [-0.2, 0) is 11.8 Å². The van der Waals surface area contributed by atoms with Gasteiger partial charge in [0.1, 0.15) is 5.69 Å². The molecule has 1 fully saturated rings. The minimum atomic E-state index is -5.04. The number of nitrogens with one attached hydrogen (secondary N) is 1. The Bertz CT molecular complexity index is 521. The normalized spacial score (nSPS) is 16.9. The third-order valence-corrected chi connectivity index (χ3v) is 3.22. The lowest BCUT2D eigenvalue weighted by Crippen LogP contribution is -2.57. The summed E-state index contributed by atoms with van der Waals surface area (Å²) in [6.07, 6.45) is -3.56. The van der Waals surface area contributed by atoms with Gasteiger partial charge in [0.05, 0.1) is 12.2 Å². The van der Waals surface area contributed by atoms with Gasteiger partial charge in [-0.05, 0) is 13.8 Å². The van der Waals surface area contributed by atoms with Crippen molar-refractivity contribution in [3.63, 3.8) is 0 Å². The number of likely N-dealkylation sites (tertiary alicyclic amines) is 1. The Labute approximate surface area is 119 Å². The molecule has 0 aromatic carbocycles. The molecule has 1 aromatic heterocycles. The maximum Gasteiger partial charge on any atom is 0.491 e. The minimum Gasteiger partial charge on any atom is -0.397 e. The summed E-state index contributed by atoms with van der Waals surface area (Å²) in [6, 6.07) is 0.513. The summed E-state index contributed by atoms with van der Waals surface area (Å²) in [4.78, 5) is 13.1. The summed E-state index contributed by atoms with van der Waals surface area (Å²) in [5.41, 5.74) is 0.281. The summed E-state index contributed by atoms with van der Waals surface area (Å²) in [5, 5.41) is 6.77. The molecule has 118 valence electrons. The number of ether oxygens (including phenoxy) is 1. The maximum absolute atomic E-state index is 12.2. The average Bonchev–Trinajstić information content (AvgIpc) is 2.61. The van der Waals surface area contributed by atoms with Crippen molar-refractivity contribution in [2.24, 2.45) is 7.05 Å². The number of hydrogen-bond donors (Lipinski definition) is 1. The van der Waals surface area contributed by atoms with E-state index in [0.717, 1.165) is 13.1 Å². The van der Waals surface area contributed by atoms with Crippen LogP contribution in [-0.4, -0.2) is 52.0 Å². The fourth-order valence-electron chi connectivity index (χ4n) is 2.03. The molecule has 0 spiro atoms. The van der Waals surface area contributed by atoms with Gasteiger partial charge in [-0.3, -0.25) is 9.58 Å². The molecule has 1 aliphatic heterocycles. The molecule has 0 unspecified atom stereocenters. The van der Waals surface area contributed by atoms with E-state index >= 15 is 0 Å². The highest BCUT2D eigenvalue weighted by Gasteiger charge is 2.42. The van der Waals surface area contributed by atoms with Gasteiger partial charge in [0.15, 0.2) is 0 Å². The minimum absolute atomic E-state index is 0.0972. The molecule has 1 N–H and O–H groups in total. The second-order valence-corrected chi connectivity index (χ2v) is 5.30. The first kappa shape index (κ1) is 15.6. The molecule has 6 nitrogen and oxygen atoms in total. The van der Waals surface area contributed by atoms with Crippen LogP contribution in [0.25, 0.3) is 0 Å². The van der Waals surface area contributed by atoms with Crippen LogP contribution >= 0.6 is 0 Å². The van der Waals surface area contributed by atoms with E-state index in [1.807, 2.05) is 0 Å². The van der Waals surface area contributed by atoms with Crippen molar-refractivity contribution in [2.75, 3.05) is 18.4 Å². The van der Waals surface area contributed by atoms with E-state index in [2.05, 4.69) is 33.9 Å². The van der Waals surface area contributed by atoms with Gasteiger partial charge < -0.3 is 10.1 Å². The van der Waals surface area contributed by atoms with Crippen LogP contribution in [0.15, 0.2) is 6.20 Å². The molecule has 1 aliphatic rings. The predicted molar refractivity (Wildman–Crippen MR) is 69.0 cm³/mol. The van der Waals surface area contributed by atoms with E-state index in [4.69, 9.17) is 0 Å². The summed E-state index contributed by atoms with van der Waals surface area (Å²) in [7, 11) is 1.54. The molecule has 21 heavy (non-hydrogen) atoms. The van der Waals surface area contributed by atoms with Gasteiger partial charge in [-0.25, -0.2) is 4.79 Å². The van der Waals surface area contributed by atoms with Crippen molar-refractivity contribution in [3.8, 4) is 5.88 Å². The van der Waals surface area contributed by atoms with Gasteiger partial charge in [0.25, 0.3) is 5.88 Å². The molecule has 9 heteroatoms. The summed E-state index contributed by atoms with van der Waals surface area (Å²) < 4.78 is 42.2. The SMILES string of the molecule is CC(C)N1CC(Nc2cn(C)nc2OC(=O)C(F)(F)F)C1. The van der Waals surface area contributed by atoms with Crippen molar-refractivity contribution in [2.45, 2.75) is 32.1 Å². The zero-order valence-electron chi connectivity index (χ0n) is 11.9. The van der Waals surface area contributed by atoms with E-state index < -0.39 is 12.1 Å². The largest absolute Gasteiger partial charge is 0.491 e. The third-order valence-electron chi connectivity index (χ3n) is 3.22. The van der Waals surface area contributed by atoms with Crippen molar-refractivity contribution in [3.05, 3.63) is 6.20 Å². The van der Waals surface area contributed by atoms with Crippen LogP contribution in [0.1, 0.15) is 13.8 Å². The first-order valence-electron chi connectivity index (χ1n) is 6.50. The van der Waals surface area contributed by atoms with E-state index in [0.29, 0.717) is 6.04 Å². The molecule has 0 aliphatic carbocycles. The molecule has 2 heterocycles. The van der Waals surface area contributed by atoms with Crippen molar-refractivity contribution in [1.29, 1.82) is 0 Å². The quantitative estimate of drug-likeness (QED) is 0.852. The highest BCUT2D eigenvalue weighted by atomic mass is 19.4. The van der Waals surface area contributed by atoms with Crippen molar-refractivity contribution < 1.29 is 22.7 Å². The summed E-state index contributed by atoms with van der Waals surface area (Å²) >= 11 is 0. The highest BCUT2D eigenvalue weighted by molar-refractivity contribution is 5.79. The lowest BCUT2D eigenvalue weighted by Gasteiger charge is -2.42. The number of esters is 1. The Hall–Kier alpha value is -1.77. The number of carbonyl (C=O) groups is 1. The van der Waals surface area contributed by atoms with Gasteiger partial charge in [0.2, 0.25) is 0 Å². The second kappa shape index (κ2) is 5.55. The monoisotopic (exact) mass is 306 g/mol. The number of aryl methyl sites for hydroxylation is 1. The Morgan fingerprint density at radius 1 is 1.48 bits per heavy atom. The molecule has 1 saturated heterocycles. The van der Waals surface area contributed by atoms with E-state index in [1.165, 1.54) is 17.9 Å². The zero-order valence-corrected chi connectivity index (χ0v) is 11.9. The smallest absolute Gasteiger partial charge is 0.397 e. The summed E-state index contributed by atoms with van der Waals surface area (Å²) in [6.45, 7) is 5.69. The molecular weight excluding hydrogens is 289 g/mol. The van der Waals surface area contributed by atoms with Gasteiger partial charge in [-0.1, -0.05) is 0 Å². The number of alkyl halides is 3. The number of hydrogen-bond acceptors (Lipinski definition) is 5. The number of nitrogens with zero attached hydrogens (tertiary/aromatic N) is 3. The van der Waals surface area contributed by atoms with Gasteiger partial charge in [-0.15, -0.1) is 5.10 Å². The van der Waals surface area contributed by atoms with E-state index in [1.54, 1.807) is 0 Å². The van der Waals surface area contributed by atoms with Crippen LogP contribution in [0.4, 0.5) is 18.9 Å². The highest BCUT2D eigenvalue weighted by Crippen LogP contribution is 2.27. The molecule has 0 radical (unpaired) electrons. The van der Waals surface area contributed by atoms with E-state index in [9.17, 15) is 18.0 Å². The standard InChI is InChI=1S/C12H17F3N4O2/c1-7(2)19-4-8(5-19)16-9-6-18(3)17-10(9)21-11(20)12(13,14)15/h6-8,16H,4-5H2,1-3H3. The number of anilines is 1. The summed E-state index contributed by atoms with van der Waals surface area (Å²) in [5.74, 6) is -2.63. The number of aromatic nitrogens is 2. The number of halogens is 3. The Balaban J connectivity index is 2.00. The van der Waals surface area contributed by atoms with Crippen LogP contribution in [0, 0.1) is 0 Å². The van der Waals surface area contributed by atoms with Crippen LogP contribution in [0.2, 0.25) is 0 Å². The van der Waals surface area contributed by atoms with E-state index in [-0.39, 0.29) is 17.6 Å². The fourth-order valence-corrected chi connectivity index (χ4v) is 2.03. The maximum atomic E-state index is 12.2. The lowest BCUT2D eigenvalue weighted by atomic mass is 10.1. The average molecular weight is 306 g/mol. The molecule has 0 amide bonds.